The largest absolute Gasteiger partial charge is 0.366 e. The molecule has 3 rings (SSSR count). The lowest BCUT2D eigenvalue weighted by molar-refractivity contribution is -0.121. The molecule has 1 saturated heterocycles. The molecule has 1 heterocycles. The number of amides is 1. The molecule has 1 aliphatic heterocycles. The molecule has 0 aliphatic carbocycles. The van der Waals surface area contributed by atoms with Gasteiger partial charge in [0.1, 0.15) is 4.32 Å². The first-order valence-corrected chi connectivity index (χ1v) is 8.96. The van der Waals surface area contributed by atoms with Crippen molar-refractivity contribution in [2.45, 2.75) is 0 Å². The van der Waals surface area contributed by atoms with Crippen LogP contribution in [0.2, 0.25) is 0 Å². The molecule has 0 unspecified atom stereocenters. The number of nitrogens with zero attached hydrogens (tertiary/aromatic N) is 1. The van der Waals surface area contributed by atoms with Gasteiger partial charge in [-0.25, -0.2) is 0 Å². The summed E-state index contributed by atoms with van der Waals surface area (Å²) in [5.41, 5.74) is 1.92. The molecule has 1 amide bonds. The summed E-state index contributed by atoms with van der Waals surface area (Å²) in [5, 5.41) is 3.23. The van der Waals surface area contributed by atoms with Crippen LogP contribution in [0.15, 0.2) is 64.0 Å². The maximum Gasteiger partial charge on any atom is 0.267 e. The van der Waals surface area contributed by atoms with Gasteiger partial charge in [-0.15, -0.1) is 0 Å². The van der Waals surface area contributed by atoms with E-state index < -0.39 is 0 Å². The molecule has 116 valence electrons. The van der Waals surface area contributed by atoms with E-state index in [1.54, 1.807) is 4.90 Å². The van der Waals surface area contributed by atoms with Gasteiger partial charge in [0.2, 0.25) is 0 Å². The minimum Gasteiger partial charge on any atom is -0.366 e. The lowest BCUT2D eigenvalue weighted by atomic mass is 10.2. The van der Waals surface area contributed by atoms with Crippen LogP contribution in [0.5, 0.6) is 0 Å². The Morgan fingerprint density at radius 3 is 2.57 bits per heavy atom. The molecular weight excluding hydrogens is 392 g/mol. The highest BCUT2D eigenvalue weighted by atomic mass is 79.9. The van der Waals surface area contributed by atoms with E-state index in [1.165, 1.54) is 11.8 Å². The summed E-state index contributed by atoms with van der Waals surface area (Å²) in [4.78, 5) is 14.7. The fraction of sp³-hybridized carbons (Fsp3) is 0.0588. The Balaban J connectivity index is 1.72. The molecule has 0 atom stereocenters. The van der Waals surface area contributed by atoms with Crippen LogP contribution in [0.25, 0.3) is 6.08 Å². The Morgan fingerprint density at radius 1 is 1.13 bits per heavy atom. The van der Waals surface area contributed by atoms with Crippen LogP contribution in [0.1, 0.15) is 5.56 Å². The number of carbonyl (C=O) groups excluding carboxylic acids is 1. The van der Waals surface area contributed by atoms with E-state index in [0.29, 0.717) is 15.9 Å². The number of halogens is 1. The van der Waals surface area contributed by atoms with Crippen molar-refractivity contribution >= 4 is 61.9 Å². The highest BCUT2D eigenvalue weighted by molar-refractivity contribution is 9.10. The van der Waals surface area contributed by atoms with Gasteiger partial charge in [-0.05, 0) is 39.7 Å². The third-order valence-corrected chi connectivity index (χ3v) is 5.34. The molecule has 0 radical (unpaired) electrons. The number of hydrogen-bond donors (Lipinski definition) is 1. The van der Waals surface area contributed by atoms with E-state index in [4.69, 9.17) is 12.2 Å². The number of rotatable bonds is 4. The van der Waals surface area contributed by atoms with Crippen LogP contribution >= 0.6 is 39.9 Å². The van der Waals surface area contributed by atoms with E-state index >= 15 is 0 Å². The first kappa shape index (κ1) is 16.2. The number of benzene rings is 2. The van der Waals surface area contributed by atoms with Crippen molar-refractivity contribution in [1.82, 2.24) is 4.90 Å². The summed E-state index contributed by atoms with van der Waals surface area (Å²) in [5.74, 6) is -0.0663. The van der Waals surface area contributed by atoms with Gasteiger partial charge in [-0.2, -0.15) is 0 Å². The number of carbonyl (C=O) groups is 1. The van der Waals surface area contributed by atoms with E-state index in [0.717, 1.165) is 15.7 Å². The molecule has 6 heteroatoms. The monoisotopic (exact) mass is 404 g/mol. The predicted octanol–water partition coefficient (Wildman–Crippen LogP) is 4.72. The molecule has 2 aromatic carbocycles. The zero-order valence-electron chi connectivity index (χ0n) is 12.0. The normalized spacial score (nSPS) is 16.2. The average molecular weight is 405 g/mol. The minimum absolute atomic E-state index is 0.0663. The molecule has 1 N–H and O–H groups in total. The quantitative estimate of drug-likeness (QED) is 0.590. The van der Waals surface area contributed by atoms with Crippen molar-refractivity contribution in [3.8, 4) is 0 Å². The number of hydrogen-bond acceptors (Lipinski definition) is 4. The van der Waals surface area contributed by atoms with Gasteiger partial charge in [-0.1, -0.05) is 66.4 Å². The molecule has 0 spiro atoms. The van der Waals surface area contributed by atoms with E-state index in [2.05, 4.69) is 21.2 Å². The number of para-hydroxylation sites is 1. The average Bonchev–Trinajstić information content (AvgIpc) is 2.82. The Morgan fingerprint density at radius 2 is 1.83 bits per heavy atom. The van der Waals surface area contributed by atoms with Gasteiger partial charge in [0.25, 0.3) is 5.91 Å². The highest BCUT2D eigenvalue weighted by Gasteiger charge is 2.31. The third kappa shape index (κ3) is 3.83. The summed E-state index contributed by atoms with van der Waals surface area (Å²) >= 11 is 10.1. The lowest BCUT2D eigenvalue weighted by Crippen LogP contribution is -2.33. The summed E-state index contributed by atoms with van der Waals surface area (Å²) in [6, 6.07) is 17.5. The van der Waals surface area contributed by atoms with Crippen LogP contribution in [-0.2, 0) is 4.79 Å². The second-order valence-electron chi connectivity index (χ2n) is 4.84. The smallest absolute Gasteiger partial charge is 0.267 e. The first-order valence-electron chi connectivity index (χ1n) is 6.94. The van der Waals surface area contributed by atoms with Crippen molar-refractivity contribution in [3.05, 3.63) is 69.5 Å². The highest BCUT2D eigenvalue weighted by Crippen LogP contribution is 2.32. The maximum atomic E-state index is 12.5. The van der Waals surface area contributed by atoms with Crippen molar-refractivity contribution in [2.24, 2.45) is 0 Å². The standard InChI is InChI=1S/C17H13BrN2OS2/c18-13-8-4-5-9-14(13)19-11-20-16(21)15(23-17(20)22)10-12-6-2-1-3-7-12/h1-10,19H,11H2/b15-10-. The summed E-state index contributed by atoms with van der Waals surface area (Å²) in [6.45, 7) is 0.347. The molecule has 0 saturated carbocycles. The Hall–Kier alpha value is -1.63. The number of anilines is 1. The summed E-state index contributed by atoms with van der Waals surface area (Å²) in [7, 11) is 0. The predicted molar refractivity (Wildman–Crippen MR) is 104 cm³/mol. The van der Waals surface area contributed by atoms with Gasteiger partial charge < -0.3 is 5.32 Å². The van der Waals surface area contributed by atoms with Gasteiger partial charge in [0.15, 0.2) is 0 Å². The molecule has 1 aliphatic rings. The second-order valence-corrected chi connectivity index (χ2v) is 7.37. The van der Waals surface area contributed by atoms with Crippen LogP contribution in [0, 0.1) is 0 Å². The summed E-state index contributed by atoms with van der Waals surface area (Å²) < 4.78 is 1.52. The molecule has 2 aromatic rings. The van der Waals surface area contributed by atoms with Crippen molar-refractivity contribution < 1.29 is 4.79 Å². The molecule has 0 bridgehead atoms. The number of thiocarbonyl (C=S) groups is 1. The Labute approximate surface area is 152 Å². The van der Waals surface area contributed by atoms with Gasteiger partial charge in [0.05, 0.1) is 11.6 Å². The molecule has 23 heavy (non-hydrogen) atoms. The van der Waals surface area contributed by atoms with Gasteiger partial charge in [0, 0.05) is 10.2 Å². The topological polar surface area (TPSA) is 32.3 Å². The van der Waals surface area contributed by atoms with E-state index in [-0.39, 0.29) is 5.91 Å². The zero-order chi connectivity index (χ0) is 16.2. The number of thioether (sulfide) groups is 1. The SMILES string of the molecule is O=C1/C(=C/c2ccccc2)SC(=S)N1CNc1ccccc1Br. The van der Waals surface area contributed by atoms with Crippen LogP contribution in [0.4, 0.5) is 5.69 Å². The van der Waals surface area contributed by atoms with Gasteiger partial charge >= 0.3 is 0 Å². The third-order valence-electron chi connectivity index (χ3n) is 3.27. The molecule has 0 aromatic heterocycles. The van der Waals surface area contributed by atoms with Crippen molar-refractivity contribution in [1.29, 1.82) is 0 Å². The molecular formula is C17H13BrN2OS2. The zero-order valence-corrected chi connectivity index (χ0v) is 15.2. The molecule has 3 nitrogen and oxygen atoms in total. The minimum atomic E-state index is -0.0663. The summed E-state index contributed by atoms with van der Waals surface area (Å²) in [6.07, 6.45) is 1.87. The number of nitrogens with one attached hydrogen (secondary N) is 1. The second kappa shape index (κ2) is 7.29. The van der Waals surface area contributed by atoms with Crippen LogP contribution in [0.3, 0.4) is 0 Å². The van der Waals surface area contributed by atoms with Gasteiger partial charge in [-0.3, -0.25) is 9.69 Å². The first-order chi connectivity index (χ1) is 11.1. The van der Waals surface area contributed by atoms with Crippen molar-refractivity contribution in [2.75, 3.05) is 12.0 Å². The Kier molecular flexibility index (Phi) is 5.15. The van der Waals surface area contributed by atoms with Crippen molar-refractivity contribution in [3.63, 3.8) is 0 Å². The molecule has 1 fully saturated rings. The Bertz CT molecular complexity index is 777. The van der Waals surface area contributed by atoms with E-state index in [9.17, 15) is 4.79 Å². The van der Waals surface area contributed by atoms with Crippen LogP contribution < -0.4 is 5.32 Å². The fourth-order valence-electron chi connectivity index (χ4n) is 2.11. The van der Waals surface area contributed by atoms with Crippen LogP contribution in [-0.4, -0.2) is 21.8 Å². The lowest BCUT2D eigenvalue weighted by Gasteiger charge is -2.16. The van der Waals surface area contributed by atoms with E-state index in [1.807, 2.05) is 60.7 Å². The maximum absolute atomic E-state index is 12.5. The fourth-order valence-corrected chi connectivity index (χ4v) is 3.79.